The summed E-state index contributed by atoms with van der Waals surface area (Å²) in [7, 11) is 1.35. The SMILES string of the molecule is COC(=O)[C@@H]1Cc2[nH]c3ccccc3c2[C@H](c2c(CO)cnc(C)c2O)N1. The molecule has 1 aromatic carbocycles. The van der Waals surface area contributed by atoms with Crippen LogP contribution in [0.25, 0.3) is 10.9 Å². The van der Waals surface area contributed by atoms with Gasteiger partial charge in [-0.25, -0.2) is 0 Å². The van der Waals surface area contributed by atoms with Crippen molar-refractivity contribution in [2.24, 2.45) is 0 Å². The number of aliphatic hydroxyl groups excluding tert-OH is 1. The quantitative estimate of drug-likeness (QED) is 0.526. The summed E-state index contributed by atoms with van der Waals surface area (Å²) < 4.78 is 4.93. The van der Waals surface area contributed by atoms with Crippen molar-refractivity contribution in [3.8, 4) is 5.75 Å². The highest BCUT2D eigenvalue weighted by Gasteiger charge is 2.37. The molecule has 140 valence electrons. The zero-order chi connectivity index (χ0) is 19.1. The highest BCUT2D eigenvalue weighted by Crippen LogP contribution is 2.41. The maximum absolute atomic E-state index is 12.3. The van der Waals surface area contributed by atoms with Crippen molar-refractivity contribution in [2.75, 3.05) is 7.11 Å². The molecule has 0 aliphatic carbocycles. The maximum atomic E-state index is 12.3. The fourth-order valence-corrected chi connectivity index (χ4v) is 3.88. The third kappa shape index (κ3) is 2.75. The fraction of sp³-hybridized carbons (Fsp3) is 0.300. The first kappa shape index (κ1) is 17.5. The lowest BCUT2D eigenvalue weighted by atomic mass is 9.87. The Bertz CT molecular complexity index is 1030. The Morgan fingerprint density at radius 3 is 2.85 bits per heavy atom. The fourth-order valence-electron chi connectivity index (χ4n) is 3.88. The summed E-state index contributed by atoms with van der Waals surface area (Å²) in [5, 5.41) is 24.9. The molecule has 4 rings (SSSR count). The van der Waals surface area contributed by atoms with Crippen molar-refractivity contribution in [3.63, 3.8) is 0 Å². The molecule has 0 saturated heterocycles. The number of aliphatic hydroxyl groups is 1. The summed E-state index contributed by atoms with van der Waals surface area (Å²) in [6.45, 7) is 1.44. The van der Waals surface area contributed by atoms with Gasteiger partial charge in [0.25, 0.3) is 0 Å². The first-order valence-corrected chi connectivity index (χ1v) is 8.76. The van der Waals surface area contributed by atoms with Crippen molar-refractivity contribution in [2.45, 2.75) is 32.0 Å². The normalized spacial score (nSPS) is 19.1. The molecule has 0 fully saturated rings. The smallest absolute Gasteiger partial charge is 0.323 e. The van der Waals surface area contributed by atoms with Gasteiger partial charge in [-0.05, 0) is 13.0 Å². The van der Waals surface area contributed by atoms with Crippen LogP contribution in [-0.4, -0.2) is 39.3 Å². The number of methoxy groups -OCH3 is 1. The Morgan fingerprint density at radius 1 is 1.33 bits per heavy atom. The van der Waals surface area contributed by atoms with E-state index in [1.807, 2.05) is 24.3 Å². The number of nitrogens with one attached hydrogen (secondary N) is 2. The number of pyridine rings is 1. The summed E-state index contributed by atoms with van der Waals surface area (Å²) in [4.78, 5) is 19.8. The second-order valence-corrected chi connectivity index (χ2v) is 6.73. The number of H-pyrrole nitrogens is 1. The number of aromatic nitrogens is 2. The van der Waals surface area contributed by atoms with E-state index in [9.17, 15) is 15.0 Å². The minimum atomic E-state index is -0.569. The molecule has 0 radical (unpaired) electrons. The highest BCUT2D eigenvalue weighted by molar-refractivity contribution is 5.87. The van der Waals surface area contributed by atoms with Crippen molar-refractivity contribution in [3.05, 3.63) is 58.5 Å². The second kappa shape index (κ2) is 6.68. The van der Waals surface area contributed by atoms with Crippen LogP contribution in [0.5, 0.6) is 5.75 Å². The van der Waals surface area contributed by atoms with Crippen molar-refractivity contribution in [1.82, 2.24) is 15.3 Å². The molecule has 0 bridgehead atoms. The number of aryl methyl sites for hydroxylation is 1. The number of esters is 1. The van der Waals surface area contributed by atoms with Gasteiger partial charge in [0.2, 0.25) is 0 Å². The highest BCUT2D eigenvalue weighted by atomic mass is 16.5. The molecule has 27 heavy (non-hydrogen) atoms. The average Bonchev–Trinajstić information content (AvgIpc) is 3.07. The number of aromatic hydroxyl groups is 1. The van der Waals surface area contributed by atoms with E-state index in [1.54, 1.807) is 13.1 Å². The van der Waals surface area contributed by atoms with Gasteiger partial charge in [-0.3, -0.25) is 15.1 Å². The zero-order valence-corrected chi connectivity index (χ0v) is 15.1. The molecule has 0 unspecified atom stereocenters. The van der Waals surface area contributed by atoms with E-state index in [4.69, 9.17) is 4.74 Å². The molecule has 2 aromatic heterocycles. The summed E-state index contributed by atoms with van der Waals surface area (Å²) in [5.41, 5.74) is 4.33. The second-order valence-electron chi connectivity index (χ2n) is 6.73. The predicted octanol–water partition coefficient (Wildman–Crippen LogP) is 1.85. The molecule has 4 N–H and O–H groups in total. The Kier molecular flexibility index (Phi) is 4.33. The minimum absolute atomic E-state index is 0.0146. The van der Waals surface area contributed by atoms with E-state index >= 15 is 0 Å². The molecular formula is C20H21N3O4. The number of hydrogen-bond donors (Lipinski definition) is 4. The monoisotopic (exact) mass is 367 g/mol. The van der Waals surface area contributed by atoms with Gasteiger partial charge >= 0.3 is 5.97 Å². The summed E-state index contributed by atoms with van der Waals surface area (Å²) >= 11 is 0. The number of rotatable bonds is 3. The predicted molar refractivity (Wildman–Crippen MR) is 99.3 cm³/mol. The lowest BCUT2D eigenvalue weighted by molar-refractivity contribution is -0.143. The Morgan fingerprint density at radius 2 is 2.11 bits per heavy atom. The number of carbonyl (C=O) groups is 1. The molecule has 0 amide bonds. The molecule has 7 nitrogen and oxygen atoms in total. The first-order valence-electron chi connectivity index (χ1n) is 8.76. The Balaban J connectivity index is 1.97. The van der Waals surface area contributed by atoms with E-state index < -0.39 is 12.1 Å². The van der Waals surface area contributed by atoms with Crippen molar-refractivity contribution in [1.29, 1.82) is 0 Å². The molecule has 1 aliphatic heterocycles. The molecule has 3 aromatic rings. The van der Waals surface area contributed by atoms with Gasteiger partial charge in [-0.2, -0.15) is 0 Å². The number of benzene rings is 1. The average molecular weight is 367 g/mol. The first-order chi connectivity index (χ1) is 13.0. The summed E-state index contributed by atoms with van der Waals surface area (Å²) in [6.07, 6.45) is 2.01. The number of nitrogens with zero attached hydrogens (tertiary/aromatic N) is 1. The van der Waals surface area contributed by atoms with E-state index in [0.717, 1.165) is 22.2 Å². The van der Waals surface area contributed by atoms with Gasteiger partial charge in [0.15, 0.2) is 0 Å². The molecule has 2 atom stereocenters. The minimum Gasteiger partial charge on any atom is -0.506 e. The van der Waals surface area contributed by atoms with Gasteiger partial charge in [0, 0.05) is 45.9 Å². The number of aromatic amines is 1. The van der Waals surface area contributed by atoms with Gasteiger partial charge in [-0.15, -0.1) is 0 Å². The van der Waals surface area contributed by atoms with E-state index in [2.05, 4.69) is 15.3 Å². The molecular weight excluding hydrogens is 346 g/mol. The number of ether oxygens (including phenoxy) is 1. The van der Waals surface area contributed by atoms with Crippen LogP contribution in [0.4, 0.5) is 0 Å². The third-order valence-electron chi connectivity index (χ3n) is 5.20. The molecule has 0 saturated carbocycles. The maximum Gasteiger partial charge on any atom is 0.323 e. The molecule has 3 heterocycles. The van der Waals surface area contributed by atoms with Crippen LogP contribution >= 0.6 is 0 Å². The number of carbonyl (C=O) groups excluding carboxylic acids is 1. The van der Waals surface area contributed by atoms with Crippen LogP contribution in [-0.2, 0) is 22.6 Å². The number of para-hydroxylation sites is 1. The molecule has 7 heteroatoms. The van der Waals surface area contributed by atoms with Crippen LogP contribution in [0.3, 0.4) is 0 Å². The van der Waals surface area contributed by atoms with E-state index in [-0.39, 0.29) is 18.3 Å². The largest absolute Gasteiger partial charge is 0.506 e. The number of hydrogen-bond acceptors (Lipinski definition) is 6. The van der Waals surface area contributed by atoms with Gasteiger partial charge in [0.05, 0.1) is 25.5 Å². The van der Waals surface area contributed by atoms with Crippen LogP contribution in [0, 0.1) is 6.92 Å². The van der Waals surface area contributed by atoms with Crippen LogP contribution in [0.2, 0.25) is 0 Å². The summed E-state index contributed by atoms with van der Waals surface area (Å²) in [5.74, 6) is -0.360. The van der Waals surface area contributed by atoms with Crippen molar-refractivity contribution >= 4 is 16.9 Å². The lowest BCUT2D eigenvalue weighted by Gasteiger charge is -2.32. The van der Waals surface area contributed by atoms with Crippen LogP contribution in [0.15, 0.2) is 30.5 Å². The van der Waals surface area contributed by atoms with Gasteiger partial charge in [-0.1, -0.05) is 18.2 Å². The van der Waals surface area contributed by atoms with Gasteiger partial charge < -0.3 is 19.9 Å². The molecule has 0 spiro atoms. The summed E-state index contributed by atoms with van der Waals surface area (Å²) in [6, 6.07) is 6.81. The van der Waals surface area contributed by atoms with E-state index in [1.165, 1.54) is 7.11 Å². The Labute approximate surface area is 156 Å². The standard InChI is InChI=1S/C20H21N3O4/c1-10-19(25)16(11(9-24)8-21-10)18-17-12-5-3-4-6-13(12)22-14(17)7-15(23-18)20(26)27-2/h3-6,8,15,18,22-25H,7,9H2,1-2H3/t15-,18-/m0/s1. The van der Waals surface area contributed by atoms with Crippen LogP contribution < -0.4 is 5.32 Å². The lowest BCUT2D eigenvalue weighted by Crippen LogP contribution is -2.45. The topological polar surface area (TPSA) is 107 Å². The molecule has 1 aliphatic rings. The Hall–Kier alpha value is -2.90. The zero-order valence-electron chi connectivity index (χ0n) is 15.1. The third-order valence-corrected chi connectivity index (χ3v) is 5.20. The van der Waals surface area contributed by atoms with E-state index in [0.29, 0.717) is 23.2 Å². The number of fused-ring (bicyclic) bond motifs is 3. The van der Waals surface area contributed by atoms with Crippen molar-refractivity contribution < 1.29 is 19.7 Å². The van der Waals surface area contributed by atoms with Gasteiger partial charge in [0.1, 0.15) is 11.8 Å². The van der Waals surface area contributed by atoms with Crippen LogP contribution in [0.1, 0.15) is 34.1 Å².